The molecule has 6 nitrogen and oxygen atoms in total. The highest BCUT2D eigenvalue weighted by Gasteiger charge is 2.50. The molecule has 1 aliphatic heterocycles. The quantitative estimate of drug-likeness (QED) is 0.678. The van der Waals surface area contributed by atoms with E-state index in [4.69, 9.17) is 9.47 Å². The van der Waals surface area contributed by atoms with E-state index in [1.807, 2.05) is 0 Å². The third kappa shape index (κ3) is 4.48. The molecule has 0 spiro atoms. The van der Waals surface area contributed by atoms with Crippen LogP contribution in [-0.2, 0) is 11.3 Å². The summed E-state index contributed by atoms with van der Waals surface area (Å²) in [4.78, 5) is 16.4. The fraction of sp³-hybridized carbons (Fsp3) is 0.700. The predicted molar refractivity (Wildman–Crippen MR) is 98.4 cm³/mol. The van der Waals surface area contributed by atoms with Gasteiger partial charge in [0.1, 0.15) is 6.10 Å². The number of amides is 1. The highest BCUT2D eigenvalue weighted by molar-refractivity contribution is 5.83. The van der Waals surface area contributed by atoms with Crippen LogP contribution in [0.15, 0.2) is 6.07 Å². The van der Waals surface area contributed by atoms with Gasteiger partial charge < -0.3 is 20.1 Å². The van der Waals surface area contributed by atoms with Crippen LogP contribution in [0.25, 0.3) is 0 Å². The van der Waals surface area contributed by atoms with Crippen molar-refractivity contribution in [3.05, 3.63) is 17.4 Å². The Morgan fingerprint density at radius 1 is 1.27 bits per heavy atom. The minimum Gasteiger partial charge on any atom is -0.481 e. The van der Waals surface area contributed by atoms with Crippen molar-refractivity contribution in [3.63, 3.8) is 0 Å². The number of carbonyl (C=O) groups is 1. The third-order valence-electron chi connectivity index (χ3n) is 6.33. The highest BCUT2D eigenvalue weighted by Crippen LogP contribution is 2.45. The van der Waals surface area contributed by atoms with E-state index in [2.05, 4.69) is 15.6 Å². The summed E-state index contributed by atoms with van der Waals surface area (Å²) in [6, 6.07) is 0.971. The number of hydrogen-bond acceptors (Lipinski definition) is 5. The van der Waals surface area contributed by atoms with Gasteiger partial charge in [-0.15, -0.1) is 0 Å². The number of pyridine rings is 1. The Bertz CT molecular complexity index is 796. The van der Waals surface area contributed by atoms with E-state index in [1.54, 1.807) is 0 Å². The predicted octanol–water partition coefficient (Wildman–Crippen LogP) is 2.95. The monoisotopic (exact) mass is 431 g/mol. The van der Waals surface area contributed by atoms with E-state index in [9.17, 15) is 22.4 Å². The second kappa shape index (κ2) is 8.20. The number of nitrogens with one attached hydrogen (secondary N) is 2. The minimum atomic E-state index is -4.21. The van der Waals surface area contributed by atoms with Gasteiger partial charge in [-0.1, -0.05) is 0 Å². The molecule has 1 aromatic rings. The first-order valence-corrected chi connectivity index (χ1v) is 10.2. The van der Waals surface area contributed by atoms with Gasteiger partial charge in [0.2, 0.25) is 11.8 Å². The van der Waals surface area contributed by atoms with Crippen LogP contribution < -0.4 is 20.1 Å². The van der Waals surface area contributed by atoms with E-state index in [1.165, 1.54) is 13.2 Å². The first kappa shape index (κ1) is 21.1. The van der Waals surface area contributed by atoms with Crippen molar-refractivity contribution in [2.45, 2.75) is 57.0 Å². The number of methoxy groups -OCH3 is 1. The Labute approximate surface area is 171 Å². The van der Waals surface area contributed by atoms with Gasteiger partial charge in [-0.3, -0.25) is 4.79 Å². The molecule has 166 valence electrons. The molecule has 30 heavy (non-hydrogen) atoms. The van der Waals surface area contributed by atoms with Gasteiger partial charge in [-0.05, 0) is 56.6 Å². The topological polar surface area (TPSA) is 72.5 Å². The lowest BCUT2D eigenvalue weighted by Crippen LogP contribution is -2.42. The summed E-state index contributed by atoms with van der Waals surface area (Å²) < 4.78 is 63.7. The maximum Gasteiger partial charge on any atom is 0.391 e. The smallest absolute Gasteiger partial charge is 0.391 e. The number of alkyl halides is 3. The van der Waals surface area contributed by atoms with Crippen molar-refractivity contribution in [2.24, 2.45) is 17.8 Å². The summed E-state index contributed by atoms with van der Waals surface area (Å²) in [5.74, 6) is -1.43. The molecule has 2 heterocycles. The summed E-state index contributed by atoms with van der Waals surface area (Å²) in [7, 11) is 1.37. The number of fused-ring (bicyclic) bond motifs is 1. The molecule has 1 amide bonds. The van der Waals surface area contributed by atoms with E-state index >= 15 is 0 Å². The minimum absolute atomic E-state index is 0.0475. The van der Waals surface area contributed by atoms with E-state index < -0.39 is 24.0 Å². The molecule has 10 heteroatoms. The number of carbonyl (C=O) groups excluding carboxylic acids is 1. The van der Waals surface area contributed by atoms with E-state index in [-0.39, 0.29) is 55.9 Å². The lowest BCUT2D eigenvalue weighted by Gasteiger charge is -2.30. The van der Waals surface area contributed by atoms with Crippen LogP contribution in [0.5, 0.6) is 11.8 Å². The third-order valence-corrected chi connectivity index (χ3v) is 6.33. The largest absolute Gasteiger partial charge is 0.481 e. The standard InChI is InChI=1S/C20H25F4N3O3/c1-29-18-11(9-26-17(28)16-14-6-10(14)8-25-16)7-15(21)19(27-18)30-13-4-2-12(3-5-13)20(22,23)24/h7,10,12-14,16,25H,2-6,8-9H2,1H3,(H,26,28)/t10-,12?,13?,14-,16-/m0/s1. The van der Waals surface area contributed by atoms with Crippen LogP contribution in [0, 0.1) is 23.6 Å². The molecule has 3 atom stereocenters. The van der Waals surface area contributed by atoms with Crippen molar-refractivity contribution in [1.82, 2.24) is 15.6 Å². The zero-order valence-corrected chi connectivity index (χ0v) is 16.6. The number of hydrogen-bond donors (Lipinski definition) is 2. The molecule has 3 fully saturated rings. The highest BCUT2D eigenvalue weighted by atomic mass is 19.4. The fourth-order valence-electron chi connectivity index (χ4n) is 4.47. The molecule has 1 saturated heterocycles. The van der Waals surface area contributed by atoms with Crippen molar-refractivity contribution < 1.29 is 31.8 Å². The SMILES string of the molecule is COc1nc(OC2CCC(C(F)(F)F)CC2)c(F)cc1CNC(=O)[C@H]1NC[C@@H]2C[C@@H]21. The average Bonchev–Trinajstić information content (AvgIpc) is 3.36. The average molecular weight is 431 g/mol. The number of rotatable bonds is 6. The summed E-state index contributed by atoms with van der Waals surface area (Å²) in [5, 5.41) is 5.96. The molecule has 2 N–H and O–H groups in total. The number of ether oxygens (including phenoxy) is 2. The van der Waals surface area contributed by atoms with Crippen LogP contribution in [0.4, 0.5) is 17.6 Å². The lowest BCUT2D eigenvalue weighted by atomic mass is 9.87. The van der Waals surface area contributed by atoms with Crippen molar-refractivity contribution in [2.75, 3.05) is 13.7 Å². The Morgan fingerprint density at radius 3 is 2.57 bits per heavy atom. The zero-order valence-electron chi connectivity index (χ0n) is 16.6. The molecule has 0 radical (unpaired) electrons. The maximum absolute atomic E-state index is 14.5. The van der Waals surface area contributed by atoms with Crippen molar-refractivity contribution in [3.8, 4) is 11.8 Å². The number of halogens is 4. The molecular weight excluding hydrogens is 406 g/mol. The summed E-state index contributed by atoms with van der Waals surface area (Å²) in [6.07, 6.45) is -3.41. The zero-order chi connectivity index (χ0) is 21.5. The van der Waals surface area contributed by atoms with Crippen molar-refractivity contribution in [1.29, 1.82) is 0 Å². The summed E-state index contributed by atoms with van der Waals surface area (Å²) >= 11 is 0. The molecule has 4 rings (SSSR count). The summed E-state index contributed by atoms with van der Waals surface area (Å²) in [5.41, 5.74) is 0.363. The fourth-order valence-corrected chi connectivity index (χ4v) is 4.47. The molecule has 2 saturated carbocycles. The van der Waals surface area contributed by atoms with Crippen LogP contribution in [0.2, 0.25) is 0 Å². The van der Waals surface area contributed by atoms with Gasteiger partial charge >= 0.3 is 6.18 Å². The van der Waals surface area contributed by atoms with Gasteiger partial charge in [0.05, 0.1) is 19.1 Å². The Morgan fingerprint density at radius 2 is 2.00 bits per heavy atom. The molecule has 1 aromatic heterocycles. The molecule has 3 aliphatic rings. The van der Waals surface area contributed by atoms with Gasteiger partial charge in [0.25, 0.3) is 5.88 Å². The first-order valence-electron chi connectivity index (χ1n) is 10.2. The maximum atomic E-state index is 14.5. The first-order chi connectivity index (χ1) is 14.3. The van der Waals surface area contributed by atoms with Crippen LogP contribution in [-0.4, -0.2) is 42.9 Å². The van der Waals surface area contributed by atoms with Crippen LogP contribution in [0.1, 0.15) is 37.7 Å². The Balaban J connectivity index is 1.35. The van der Waals surface area contributed by atoms with Gasteiger partial charge in [0.15, 0.2) is 5.82 Å². The van der Waals surface area contributed by atoms with E-state index in [0.29, 0.717) is 17.4 Å². The molecular formula is C20H25F4N3O3. The van der Waals surface area contributed by atoms with Crippen LogP contribution >= 0.6 is 0 Å². The second-order valence-corrected chi connectivity index (χ2v) is 8.34. The number of aromatic nitrogens is 1. The lowest BCUT2D eigenvalue weighted by molar-refractivity contribution is -0.185. The molecule has 0 unspecified atom stereocenters. The second-order valence-electron chi connectivity index (χ2n) is 8.34. The number of nitrogens with zero attached hydrogens (tertiary/aromatic N) is 1. The van der Waals surface area contributed by atoms with E-state index in [0.717, 1.165) is 13.0 Å². The Kier molecular flexibility index (Phi) is 5.78. The van der Waals surface area contributed by atoms with Gasteiger partial charge in [0, 0.05) is 12.1 Å². The molecule has 2 aliphatic carbocycles. The van der Waals surface area contributed by atoms with Crippen LogP contribution in [0.3, 0.4) is 0 Å². The summed E-state index contributed by atoms with van der Waals surface area (Å²) in [6.45, 7) is 0.900. The van der Waals surface area contributed by atoms with Gasteiger partial charge in [-0.2, -0.15) is 18.2 Å². The van der Waals surface area contributed by atoms with Gasteiger partial charge in [-0.25, -0.2) is 4.39 Å². The van der Waals surface area contributed by atoms with Crippen molar-refractivity contribution >= 4 is 5.91 Å². The molecule has 0 aromatic carbocycles. The molecule has 0 bridgehead atoms. The normalized spacial score (nSPS) is 30.5. The Hall–Kier alpha value is -2.10. The number of piperidine rings is 1.